The van der Waals surface area contributed by atoms with Crippen LogP contribution in [0.4, 0.5) is 0 Å². The van der Waals surface area contributed by atoms with Gasteiger partial charge in [0.05, 0.1) is 0 Å². The van der Waals surface area contributed by atoms with Gasteiger partial charge < -0.3 is 5.11 Å². The van der Waals surface area contributed by atoms with Gasteiger partial charge in [0.1, 0.15) is 6.10 Å². The van der Waals surface area contributed by atoms with E-state index < -0.39 is 6.10 Å². The van der Waals surface area contributed by atoms with Gasteiger partial charge in [-0.1, -0.05) is 72.3 Å². The highest BCUT2D eigenvalue weighted by Crippen LogP contribution is 2.33. The lowest BCUT2D eigenvalue weighted by Crippen LogP contribution is -2.02. The summed E-state index contributed by atoms with van der Waals surface area (Å²) in [6.45, 7) is 1.95. The van der Waals surface area contributed by atoms with Gasteiger partial charge in [-0.15, -0.1) is 0 Å². The minimum Gasteiger partial charge on any atom is -0.384 e. The average molecular weight is 283 g/mol. The van der Waals surface area contributed by atoms with E-state index in [0.717, 1.165) is 27.5 Å². The number of aryl methyl sites for hydroxylation is 1. The van der Waals surface area contributed by atoms with E-state index in [2.05, 4.69) is 0 Å². The summed E-state index contributed by atoms with van der Waals surface area (Å²) < 4.78 is 0. The summed E-state index contributed by atoms with van der Waals surface area (Å²) in [7, 11) is 0. The third-order valence-electron chi connectivity index (χ3n) is 3.63. The van der Waals surface area contributed by atoms with Crippen molar-refractivity contribution in [1.82, 2.24) is 0 Å². The van der Waals surface area contributed by atoms with Gasteiger partial charge in [0, 0.05) is 10.6 Å². The molecule has 0 amide bonds. The Morgan fingerprint density at radius 2 is 1.50 bits per heavy atom. The maximum Gasteiger partial charge on any atom is 0.106 e. The molecule has 2 heteroatoms. The number of aliphatic hydroxyl groups excluding tert-OH is 1. The second-order valence-electron chi connectivity index (χ2n) is 4.95. The fourth-order valence-corrected chi connectivity index (χ4v) is 2.77. The third-order valence-corrected chi connectivity index (χ3v) is 4.15. The van der Waals surface area contributed by atoms with Crippen molar-refractivity contribution in [1.29, 1.82) is 0 Å². The quantitative estimate of drug-likeness (QED) is 0.710. The molecule has 0 radical (unpaired) electrons. The molecule has 3 aromatic carbocycles. The van der Waals surface area contributed by atoms with E-state index in [1.807, 2.05) is 67.6 Å². The van der Waals surface area contributed by atoms with E-state index in [1.165, 1.54) is 0 Å². The smallest absolute Gasteiger partial charge is 0.106 e. The van der Waals surface area contributed by atoms with Crippen molar-refractivity contribution in [2.45, 2.75) is 13.0 Å². The van der Waals surface area contributed by atoms with Crippen molar-refractivity contribution >= 4 is 22.4 Å². The van der Waals surface area contributed by atoms with Crippen molar-refractivity contribution in [2.24, 2.45) is 0 Å². The van der Waals surface area contributed by atoms with Gasteiger partial charge in [-0.3, -0.25) is 0 Å². The molecule has 0 aromatic heterocycles. The van der Waals surface area contributed by atoms with E-state index in [9.17, 15) is 5.11 Å². The molecule has 1 atom stereocenters. The van der Waals surface area contributed by atoms with Crippen molar-refractivity contribution in [3.8, 4) is 0 Å². The highest BCUT2D eigenvalue weighted by Gasteiger charge is 2.16. The molecule has 0 saturated carbocycles. The number of hydrogen-bond acceptors (Lipinski definition) is 1. The van der Waals surface area contributed by atoms with Crippen LogP contribution in [0, 0.1) is 6.92 Å². The molecule has 0 aliphatic carbocycles. The van der Waals surface area contributed by atoms with Gasteiger partial charge in [-0.05, 0) is 28.8 Å². The predicted molar refractivity (Wildman–Crippen MR) is 84.2 cm³/mol. The maximum atomic E-state index is 10.7. The SMILES string of the molecule is Cc1cccc(C(O)c2cccc3ccccc23)c1Cl. The van der Waals surface area contributed by atoms with E-state index in [0.29, 0.717) is 5.02 Å². The Hall–Kier alpha value is -1.83. The van der Waals surface area contributed by atoms with Gasteiger partial charge in [0.25, 0.3) is 0 Å². The number of fused-ring (bicyclic) bond motifs is 1. The molecule has 1 nitrogen and oxygen atoms in total. The number of hydrogen-bond donors (Lipinski definition) is 1. The van der Waals surface area contributed by atoms with Crippen LogP contribution in [0.3, 0.4) is 0 Å². The fourth-order valence-electron chi connectivity index (χ4n) is 2.54. The van der Waals surface area contributed by atoms with Gasteiger partial charge >= 0.3 is 0 Å². The lowest BCUT2D eigenvalue weighted by molar-refractivity contribution is 0.222. The van der Waals surface area contributed by atoms with Crippen molar-refractivity contribution < 1.29 is 5.11 Å². The first-order chi connectivity index (χ1) is 9.68. The number of aliphatic hydroxyl groups is 1. The number of benzene rings is 3. The summed E-state index contributed by atoms with van der Waals surface area (Å²) >= 11 is 6.33. The molecule has 1 unspecified atom stereocenters. The zero-order valence-corrected chi connectivity index (χ0v) is 11.9. The maximum absolute atomic E-state index is 10.7. The van der Waals surface area contributed by atoms with Gasteiger partial charge in [0.15, 0.2) is 0 Å². The molecule has 0 fully saturated rings. The van der Waals surface area contributed by atoms with Crippen LogP contribution in [-0.4, -0.2) is 5.11 Å². The topological polar surface area (TPSA) is 20.2 Å². The second kappa shape index (κ2) is 5.28. The molecule has 20 heavy (non-hydrogen) atoms. The molecule has 3 aromatic rings. The molecule has 0 aliphatic heterocycles. The molecular weight excluding hydrogens is 268 g/mol. The highest BCUT2D eigenvalue weighted by molar-refractivity contribution is 6.32. The number of halogens is 1. The summed E-state index contributed by atoms with van der Waals surface area (Å²) in [5.41, 5.74) is 2.61. The first-order valence-electron chi connectivity index (χ1n) is 6.59. The summed E-state index contributed by atoms with van der Waals surface area (Å²) in [4.78, 5) is 0. The van der Waals surface area contributed by atoms with Crippen LogP contribution in [-0.2, 0) is 0 Å². The Labute approximate surface area is 123 Å². The van der Waals surface area contributed by atoms with Crippen LogP contribution in [0.1, 0.15) is 22.8 Å². The van der Waals surface area contributed by atoms with Crippen molar-refractivity contribution in [3.63, 3.8) is 0 Å². The van der Waals surface area contributed by atoms with Crippen molar-refractivity contribution in [2.75, 3.05) is 0 Å². The molecule has 0 bridgehead atoms. The summed E-state index contributed by atoms with van der Waals surface area (Å²) in [6.07, 6.45) is -0.714. The average Bonchev–Trinajstić information content (AvgIpc) is 2.49. The second-order valence-corrected chi connectivity index (χ2v) is 5.33. The lowest BCUT2D eigenvalue weighted by Gasteiger charge is -2.16. The minimum atomic E-state index is -0.714. The van der Waals surface area contributed by atoms with Gasteiger partial charge in [-0.25, -0.2) is 0 Å². The Balaban J connectivity index is 2.18. The third kappa shape index (κ3) is 2.20. The predicted octanol–water partition coefficient (Wildman–Crippen LogP) is 4.88. The van der Waals surface area contributed by atoms with E-state index in [4.69, 9.17) is 11.6 Å². The van der Waals surface area contributed by atoms with E-state index in [1.54, 1.807) is 0 Å². The molecule has 100 valence electrons. The fraction of sp³-hybridized carbons (Fsp3) is 0.111. The van der Waals surface area contributed by atoms with Crippen LogP contribution in [0.2, 0.25) is 5.02 Å². The van der Waals surface area contributed by atoms with Crippen LogP contribution in [0.25, 0.3) is 10.8 Å². The van der Waals surface area contributed by atoms with Crippen molar-refractivity contribution in [3.05, 3.63) is 82.4 Å². The monoisotopic (exact) mass is 282 g/mol. The minimum absolute atomic E-state index is 0.632. The summed E-state index contributed by atoms with van der Waals surface area (Å²) in [5.74, 6) is 0. The van der Waals surface area contributed by atoms with Crippen LogP contribution >= 0.6 is 11.6 Å². The summed E-state index contributed by atoms with van der Waals surface area (Å²) in [6, 6.07) is 19.8. The zero-order valence-electron chi connectivity index (χ0n) is 11.2. The normalized spacial score (nSPS) is 12.6. The molecule has 0 aliphatic rings. The lowest BCUT2D eigenvalue weighted by atomic mass is 9.95. The molecular formula is C18H15ClO. The Morgan fingerprint density at radius 1 is 0.850 bits per heavy atom. The van der Waals surface area contributed by atoms with Crippen LogP contribution in [0.5, 0.6) is 0 Å². The molecule has 0 saturated heterocycles. The zero-order chi connectivity index (χ0) is 14.1. The Morgan fingerprint density at radius 3 is 2.35 bits per heavy atom. The molecule has 0 spiro atoms. The Bertz CT molecular complexity index is 759. The summed E-state index contributed by atoms with van der Waals surface area (Å²) in [5, 5.41) is 13.5. The standard InChI is InChI=1S/C18H15ClO/c1-12-6-4-11-16(17(12)19)18(20)15-10-5-8-13-7-2-3-9-14(13)15/h2-11,18,20H,1H3. The van der Waals surface area contributed by atoms with Gasteiger partial charge in [-0.2, -0.15) is 0 Å². The Kier molecular flexibility index (Phi) is 3.47. The van der Waals surface area contributed by atoms with E-state index >= 15 is 0 Å². The molecule has 0 heterocycles. The van der Waals surface area contributed by atoms with Gasteiger partial charge in [0.2, 0.25) is 0 Å². The first-order valence-corrected chi connectivity index (χ1v) is 6.97. The molecule has 3 rings (SSSR count). The first kappa shape index (κ1) is 13.2. The van der Waals surface area contributed by atoms with E-state index in [-0.39, 0.29) is 0 Å². The van der Waals surface area contributed by atoms with Crippen LogP contribution in [0.15, 0.2) is 60.7 Å². The largest absolute Gasteiger partial charge is 0.384 e. The number of rotatable bonds is 2. The highest BCUT2D eigenvalue weighted by atomic mass is 35.5. The van der Waals surface area contributed by atoms with Crippen LogP contribution < -0.4 is 0 Å². The molecule has 1 N–H and O–H groups in total.